The van der Waals surface area contributed by atoms with Crippen LogP contribution in [-0.4, -0.2) is 4.98 Å². The Morgan fingerprint density at radius 3 is 2.92 bits per heavy atom. The third kappa shape index (κ3) is 1.62. The van der Waals surface area contributed by atoms with Crippen molar-refractivity contribution >= 4 is 0 Å². The number of aryl methyl sites for hydroxylation is 1. The van der Waals surface area contributed by atoms with Crippen LogP contribution in [0.3, 0.4) is 0 Å². The lowest BCUT2D eigenvalue weighted by Crippen LogP contribution is -2.18. The van der Waals surface area contributed by atoms with Crippen molar-refractivity contribution in [2.45, 2.75) is 13.0 Å². The minimum absolute atomic E-state index is 0.0429. The summed E-state index contributed by atoms with van der Waals surface area (Å²) in [6.07, 6.45) is 3.17. The van der Waals surface area contributed by atoms with E-state index in [0.717, 1.165) is 5.69 Å². The predicted molar refractivity (Wildman–Crippen MR) is 48.9 cm³/mol. The largest absolute Gasteiger partial charge is 0.365 e. The number of H-pyrrole nitrogens is 1. The maximum atomic E-state index is 11.3. The van der Waals surface area contributed by atoms with E-state index >= 15 is 0 Å². The summed E-state index contributed by atoms with van der Waals surface area (Å²) in [4.78, 5) is 14.2. The fourth-order valence-electron chi connectivity index (χ4n) is 0.972. The molecule has 1 rings (SSSR count). The first-order chi connectivity index (χ1) is 5.65. The number of hydrogen-bond donors (Lipinski definition) is 2. The van der Waals surface area contributed by atoms with E-state index in [0.29, 0.717) is 5.56 Å². The Morgan fingerprint density at radius 2 is 2.42 bits per heavy atom. The zero-order valence-electron chi connectivity index (χ0n) is 7.00. The standard InChI is InChI=1S/C9H12N2O/c1-3-8(10)7-5-11-6(2)4-9(7)12/h3-5,8H,1,10H2,2H3,(H,11,12). The van der Waals surface area contributed by atoms with Gasteiger partial charge in [-0.3, -0.25) is 4.79 Å². The van der Waals surface area contributed by atoms with Crippen LogP contribution in [0.5, 0.6) is 0 Å². The summed E-state index contributed by atoms with van der Waals surface area (Å²) < 4.78 is 0. The fraction of sp³-hybridized carbons (Fsp3) is 0.222. The zero-order chi connectivity index (χ0) is 9.14. The third-order valence-corrected chi connectivity index (χ3v) is 1.70. The second-order valence-electron chi connectivity index (χ2n) is 2.70. The Morgan fingerprint density at radius 1 is 1.75 bits per heavy atom. The molecule has 1 atom stereocenters. The maximum absolute atomic E-state index is 11.3. The van der Waals surface area contributed by atoms with Crippen LogP contribution >= 0.6 is 0 Å². The van der Waals surface area contributed by atoms with E-state index in [1.807, 2.05) is 6.92 Å². The summed E-state index contributed by atoms with van der Waals surface area (Å²) in [7, 11) is 0. The van der Waals surface area contributed by atoms with Gasteiger partial charge in [0.15, 0.2) is 5.43 Å². The second-order valence-corrected chi connectivity index (χ2v) is 2.70. The van der Waals surface area contributed by atoms with Gasteiger partial charge in [-0.25, -0.2) is 0 Å². The van der Waals surface area contributed by atoms with Gasteiger partial charge in [0.2, 0.25) is 0 Å². The first-order valence-electron chi connectivity index (χ1n) is 3.72. The summed E-state index contributed by atoms with van der Waals surface area (Å²) >= 11 is 0. The van der Waals surface area contributed by atoms with Crippen LogP contribution in [0, 0.1) is 6.92 Å². The fourth-order valence-corrected chi connectivity index (χ4v) is 0.972. The van der Waals surface area contributed by atoms with Crippen molar-refractivity contribution in [1.82, 2.24) is 4.98 Å². The molecule has 64 valence electrons. The van der Waals surface area contributed by atoms with Crippen LogP contribution in [0.25, 0.3) is 0 Å². The minimum Gasteiger partial charge on any atom is -0.365 e. The molecule has 0 saturated heterocycles. The number of nitrogens with one attached hydrogen (secondary N) is 1. The summed E-state index contributed by atoms with van der Waals surface area (Å²) in [5.41, 5.74) is 6.95. The first-order valence-corrected chi connectivity index (χ1v) is 3.72. The van der Waals surface area contributed by atoms with E-state index in [1.54, 1.807) is 12.3 Å². The molecule has 0 aliphatic heterocycles. The van der Waals surface area contributed by atoms with Gasteiger partial charge in [-0.2, -0.15) is 0 Å². The molecule has 1 aromatic rings. The van der Waals surface area contributed by atoms with E-state index in [9.17, 15) is 4.79 Å². The Labute approximate surface area is 70.9 Å². The molecule has 1 unspecified atom stereocenters. The molecule has 12 heavy (non-hydrogen) atoms. The number of hydrogen-bond acceptors (Lipinski definition) is 2. The number of aromatic amines is 1. The highest BCUT2D eigenvalue weighted by Crippen LogP contribution is 2.03. The van der Waals surface area contributed by atoms with Crippen LogP contribution in [0.2, 0.25) is 0 Å². The van der Waals surface area contributed by atoms with Crippen LogP contribution in [0.1, 0.15) is 17.3 Å². The van der Waals surface area contributed by atoms with Gasteiger partial charge in [-0.1, -0.05) is 6.08 Å². The van der Waals surface area contributed by atoms with Crippen molar-refractivity contribution in [2.24, 2.45) is 5.73 Å². The van der Waals surface area contributed by atoms with Gasteiger partial charge in [0.25, 0.3) is 0 Å². The zero-order valence-corrected chi connectivity index (χ0v) is 7.00. The highest BCUT2D eigenvalue weighted by Gasteiger charge is 2.04. The molecular weight excluding hydrogens is 152 g/mol. The van der Waals surface area contributed by atoms with E-state index in [-0.39, 0.29) is 11.5 Å². The van der Waals surface area contributed by atoms with E-state index < -0.39 is 0 Å². The van der Waals surface area contributed by atoms with E-state index in [2.05, 4.69) is 11.6 Å². The molecule has 0 saturated carbocycles. The smallest absolute Gasteiger partial charge is 0.186 e. The number of rotatable bonds is 2. The summed E-state index contributed by atoms with van der Waals surface area (Å²) in [6, 6.07) is 1.15. The van der Waals surface area contributed by atoms with E-state index in [4.69, 9.17) is 5.73 Å². The highest BCUT2D eigenvalue weighted by molar-refractivity contribution is 5.20. The number of pyridine rings is 1. The molecule has 3 heteroatoms. The Kier molecular flexibility index (Phi) is 2.45. The SMILES string of the molecule is C=CC(N)c1c[nH]c(C)cc1=O. The summed E-state index contributed by atoms with van der Waals surface area (Å²) in [5, 5.41) is 0. The molecule has 0 spiro atoms. The molecule has 0 aliphatic carbocycles. The van der Waals surface area contributed by atoms with Crippen molar-refractivity contribution in [3.63, 3.8) is 0 Å². The van der Waals surface area contributed by atoms with Gasteiger partial charge >= 0.3 is 0 Å². The van der Waals surface area contributed by atoms with Crippen molar-refractivity contribution in [1.29, 1.82) is 0 Å². The molecule has 0 bridgehead atoms. The van der Waals surface area contributed by atoms with Gasteiger partial charge in [0.05, 0.1) is 6.04 Å². The molecule has 0 aliphatic rings. The predicted octanol–water partition coefficient (Wildman–Crippen LogP) is 0.869. The van der Waals surface area contributed by atoms with E-state index in [1.165, 1.54) is 6.07 Å². The van der Waals surface area contributed by atoms with Crippen molar-refractivity contribution in [3.8, 4) is 0 Å². The molecule has 0 radical (unpaired) electrons. The molecule has 0 aromatic carbocycles. The molecule has 0 fully saturated rings. The molecule has 0 amide bonds. The maximum Gasteiger partial charge on any atom is 0.186 e. The third-order valence-electron chi connectivity index (χ3n) is 1.70. The molecule has 1 aromatic heterocycles. The monoisotopic (exact) mass is 164 g/mol. The van der Waals surface area contributed by atoms with Crippen LogP contribution in [-0.2, 0) is 0 Å². The Balaban J connectivity index is 3.18. The lowest BCUT2D eigenvalue weighted by molar-refractivity contribution is 0.888. The molecule has 3 N–H and O–H groups in total. The summed E-state index contributed by atoms with van der Waals surface area (Å²) in [6.45, 7) is 5.35. The molecular formula is C9H12N2O. The second kappa shape index (κ2) is 3.36. The lowest BCUT2D eigenvalue weighted by atomic mass is 10.1. The van der Waals surface area contributed by atoms with Crippen LogP contribution in [0.4, 0.5) is 0 Å². The Hall–Kier alpha value is -1.35. The van der Waals surface area contributed by atoms with Gasteiger partial charge < -0.3 is 10.7 Å². The summed E-state index contributed by atoms with van der Waals surface area (Å²) in [5.74, 6) is 0. The molecule has 3 nitrogen and oxygen atoms in total. The average molecular weight is 164 g/mol. The van der Waals surface area contributed by atoms with Gasteiger partial charge in [-0.05, 0) is 6.92 Å². The normalized spacial score (nSPS) is 12.5. The van der Waals surface area contributed by atoms with Crippen LogP contribution in [0.15, 0.2) is 29.7 Å². The Bertz CT molecular complexity index is 341. The van der Waals surface area contributed by atoms with Gasteiger partial charge in [-0.15, -0.1) is 6.58 Å². The highest BCUT2D eigenvalue weighted by atomic mass is 16.1. The first kappa shape index (κ1) is 8.74. The van der Waals surface area contributed by atoms with Crippen molar-refractivity contribution in [3.05, 3.63) is 46.4 Å². The quantitative estimate of drug-likeness (QED) is 0.637. The number of nitrogens with two attached hydrogens (primary N) is 1. The van der Waals surface area contributed by atoms with Crippen LogP contribution < -0.4 is 11.2 Å². The van der Waals surface area contributed by atoms with Gasteiger partial charge in [0.1, 0.15) is 0 Å². The lowest BCUT2D eigenvalue weighted by Gasteiger charge is -2.04. The molecule has 1 heterocycles. The topological polar surface area (TPSA) is 58.9 Å². The van der Waals surface area contributed by atoms with Crippen molar-refractivity contribution < 1.29 is 0 Å². The van der Waals surface area contributed by atoms with Crippen molar-refractivity contribution in [2.75, 3.05) is 0 Å². The number of aromatic nitrogens is 1. The van der Waals surface area contributed by atoms with Gasteiger partial charge in [0, 0.05) is 23.5 Å². The average Bonchev–Trinajstić information content (AvgIpc) is 2.03. The minimum atomic E-state index is -0.380.